The topological polar surface area (TPSA) is 115 Å². The number of amides is 2. The lowest BCUT2D eigenvalue weighted by Crippen LogP contribution is -2.51. The van der Waals surface area contributed by atoms with E-state index < -0.39 is 0 Å². The van der Waals surface area contributed by atoms with E-state index >= 15 is 0 Å². The van der Waals surface area contributed by atoms with Gasteiger partial charge in [0.25, 0.3) is 5.91 Å². The predicted molar refractivity (Wildman–Crippen MR) is 142 cm³/mol. The third kappa shape index (κ3) is 3.84. The highest BCUT2D eigenvalue weighted by Crippen LogP contribution is 2.29. The molecule has 37 heavy (non-hydrogen) atoms. The minimum atomic E-state index is -0.297. The Morgan fingerprint density at radius 1 is 1.08 bits per heavy atom. The minimum Gasteiger partial charge on any atom is -0.383 e. The van der Waals surface area contributed by atoms with Gasteiger partial charge in [-0.15, -0.1) is 0 Å². The molecule has 0 saturated carbocycles. The van der Waals surface area contributed by atoms with Gasteiger partial charge < -0.3 is 10.3 Å². The Balaban J connectivity index is 1.45. The van der Waals surface area contributed by atoms with E-state index in [1.165, 1.54) is 5.01 Å². The van der Waals surface area contributed by atoms with Gasteiger partial charge in [0.2, 0.25) is 5.91 Å². The van der Waals surface area contributed by atoms with Gasteiger partial charge in [-0.25, -0.2) is 15.0 Å². The fourth-order valence-electron chi connectivity index (χ4n) is 5.05. The van der Waals surface area contributed by atoms with Crippen molar-refractivity contribution >= 4 is 62.1 Å². The van der Waals surface area contributed by atoms with E-state index in [0.717, 1.165) is 40.2 Å². The van der Waals surface area contributed by atoms with E-state index in [0.29, 0.717) is 40.7 Å². The third-order valence-corrected chi connectivity index (χ3v) is 7.24. The molecule has 5 aromatic rings. The summed E-state index contributed by atoms with van der Waals surface area (Å²) in [5.41, 5.74) is 9.65. The fourth-order valence-corrected chi connectivity index (χ4v) is 5.22. The standard InChI is InChI=1S/C26H25ClN8O2/c1-32-21-9-7-16(27)12-20(21)30-22(32)14-35(34-10-4-3-5-23(34)36)26(37)15-6-8-19-17(11-15)24-18(25(28)31-19)13-29-33(24)2/h6-9,11-13H,3-5,10,14H2,1-2H3,(H2,28,31). The Kier molecular flexibility index (Phi) is 5.49. The first-order chi connectivity index (χ1) is 17.8. The van der Waals surface area contributed by atoms with Crippen molar-refractivity contribution in [1.82, 2.24) is 34.3 Å². The van der Waals surface area contributed by atoms with Gasteiger partial charge in [-0.05, 0) is 49.2 Å². The van der Waals surface area contributed by atoms with Gasteiger partial charge in [-0.3, -0.25) is 19.3 Å². The summed E-state index contributed by atoms with van der Waals surface area (Å²) in [6.07, 6.45) is 3.70. The molecule has 3 aromatic heterocycles. The SMILES string of the molecule is Cn1ncc2c(N)nc3ccc(C(=O)N(Cc4nc5cc(Cl)ccc5n4C)N4CCCCC4=O)cc3c21. The number of hydrogen-bond acceptors (Lipinski definition) is 6. The maximum absolute atomic E-state index is 14.1. The molecule has 1 aliphatic rings. The zero-order valence-electron chi connectivity index (χ0n) is 20.5. The summed E-state index contributed by atoms with van der Waals surface area (Å²) in [4.78, 5) is 36.2. The van der Waals surface area contributed by atoms with Gasteiger partial charge in [-0.1, -0.05) is 11.6 Å². The lowest BCUT2D eigenvalue weighted by Gasteiger charge is -2.37. The number of benzene rings is 2. The van der Waals surface area contributed by atoms with Crippen LogP contribution in [0.15, 0.2) is 42.6 Å². The molecule has 0 unspecified atom stereocenters. The highest BCUT2D eigenvalue weighted by Gasteiger charge is 2.31. The van der Waals surface area contributed by atoms with Crippen LogP contribution in [0.5, 0.6) is 0 Å². The molecule has 1 fully saturated rings. The normalized spacial score (nSPS) is 14.2. The average Bonchev–Trinajstić information content (AvgIpc) is 3.42. The van der Waals surface area contributed by atoms with E-state index in [-0.39, 0.29) is 18.4 Å². The number of piperidine rings is 1. The molecular formula is C26H25ClN8O2. The van der Waals surface area contributed by atoms with Crippen LogP contribution in [0.2, 0.25) is 5.02 Å². The van der Waals surface area contributed by atoms with Crippen molar-refractivity contribution in [1.29, 1.82) is 0 Å². The van der Waals surface area contributed by atoms with Crippen molar-refractivity contribution in [3.05, 3.63) is 59.0 Å². The van der Waals surface area contributed by atoms with Crippen LogP contribution in [0.25, 0.3) is 32.8 Å². The number of hydrazine groups is 1. The van der Waals surface area contributed by atoms with Crippen molar-refractivity contribution in [3.8, 4) is 0 Å². The number of aryl methyl sites for hydroxylation is 2. The number of anilines is 1. The maximum Gasteiger partial charge on any atom is 0.272 e. The summed E-state index contributed by atoms with van der Waals surface area (Å²) in [6.45, 7) is 0.602. The summed E-state index contributed by atoms with van der Waals surface area (Å²) in [7, 11) is 3.72. The number of carbonyl (C=O) groups excluding carboxylic acids is 2. The maximum atomic E-state index is 14.1. The summed E-state index contributed by atoms with van der Waals surface area (Å²) in [5.74, 6) is 0.658. The highest BCUT2D eigenvalue weighted by molar-refractivity contribution is 6.31. The number of imidazole rings is 1. The molecular weight excluding hydrogens is 492 g/mol. The van der Waals surface area contributed by atoms with Gasteiger partial charge in [-0.2, -0.15) is 5.10 Å². The van der Waals surface area contributed by atoms with Crippen LogP contribution >= 0.6 is 11.6 Å². The Morgan fingerprint density at radius 2 is 1.92 bits per heavy atom. The number of nitrogens with two attached hydrogens (primary N) is 1. The summed E-state index contributed by atoms with van der Waals surface area (Å²) in [6, 6.07) is 10.8. The molecule has 0 atom stereocenters. The molecule has 0 aliphatic carbocycles. The zero-order chi connectivity index (χ0) is 25.8. The smallest absolute Gasteiger partial charge is 0.272 e. The first-order valence-corrected chi connectivity index (χ1v) is 12.4. The Hall–Kier alpha value is -4.18. The molecule has 6 rings (SSSR count). The van der Waals surface area contributed by atoms with Crippen LogP contribution in [0, 0.1) is 0 Å². The van der Waals surface area contributed by atoms with Crippen LogP contribution in [0.1, 0.15) is 35.4 Å². The van der Waals surface area contributed by atoms with Crippen LogP contribution in [-0.4, -0.2) is 52.7 Å². The van der Waals surface area contributed by atoms with Gasteiger partial charge >= 0.3 is 0 Å². The van der Waals surface area contributed by atoms with Gasteiger partial charge in [0.15, 0.2) is 0 Å². The summed E-state index contributed by atoms with van der Waals surface area (Å²) < 4.78 is 3.65. The van der Waals surface area contributed by atoms with E-state index in [2.05, 4.69) is 10.1 Å². The quantitative estimate of drug-likeness (QED) is 0.388. The second-order valence-electron chi connectivity index (χ2n) is 9.32. The van der Waals surface area contributed by atoms with Crippen LogP contribution in [0.3, 0.4) is 0 Å². The number of nitrogen functional groups attached to an aromatic ring is 1. The number of carbonyl (C=O) groups is 2. The Bertz CT molecular complexity index is 1720. The van der Waals surface area contributed by atoms with Gasteiger partial charge in [0, 0.05) is 43.0 Å². The Morgan fingerprint density at radius 3 is 2.73 bits per heavy atom. The molecule has 0 radical (unpaired) electrons. The molecule has 1 saturated heterocycles. The number of pyridine rings is 1. The molecule has 2 aromatic carbocycles. The molecule has 188 valence electrons. The number of fused-ring (bicyclic) bond motifs is 4. The van der Waals surface area contributed by atoms with E-state index in [4.69, 9.17) is 22.3 Å². The van der Waals surface area contributed by atoms with Crippen LogP contribution in [-0.2, 0) is 25.4 Å². The van der Waals surface area contributed by atoms with Gasteiger partial charge in [0.05, 0.1) is 33.6 Å². The number of rotatable bonds is 4. The van der Waals surface area contributed by atoms with Crippen molar-refractivity contribution < 1.29 is 9.59 Å². The van der Waals surface area contributed by atoms with E-state index in [9.17, 15) is 9.59 Å². The molecule has 1 aliphatic heterocycles. The molecule has 0 bridgehead atoms. The highest BCUT2D eigenvalue weighted by atomic mass is 35.5. The van der Waals surface area contributed by atoms with Crippen molar-refractivity contribution in [2.45, 2.75) is 25.8 Å². The zero-order valence-corrected chi connectivity index (χ0v) is 21.2. The largest absolute Gasteiger partial charge is 0.383 e. The molecule has 0 spiro atoms. The molecule has 10 nitrogen and oxygen atoms in total. The monoisotopic (exact) mass is 516 g/mol. The number of nitrogens with zero attached hydrogens (tertiary/aromatic N) is 7. The van der Waals surface area contributed by atoms with Crippen LogP contribution in [0.4, 0.5) is 5.82 Å². The number of hydrogen-bond donors (Lipinski definition) is 1. The van der Waals surface area contributed by atoms with Crippen LogP contribution < -0.4 is 5.73 Å². The lowest BCUT2D eigenvalue weighted by atomic mass is 10.1. The molecule has 11 heteroatoms. The van der Waals surface area contributed by atoms with Crippen molar-refractivity contribution in [3.63, 3.8) is 0 Å². The predicted octanol–water partition coefficient (Wildman–Crippen LogP) is 3.81. The first-order valence-electron chi connectivity index (χ1n) is 12.1. The van der Waals surface area contributed by atoms with Crippen molar-refractivity contribution in [2.24, 2.45) is 14.1 Å². The molecule has 2 N–H and O–H groups in total. The minimum absolute atomic E-state index is 0.0781. The van der Waals surface area contributed by atoms with E-state index in [1.54, 1.807) is 40.2 Å². The second kappa shape index (κ2) is 8.74. The van der Waals surface area contributed by atoms with E-state index in [1.807, 2.05) is 30.8 Å². The number of halogens is 1. The third-order valence-electron chi connectivity index (χ3n) is 7.01. The molecule has 4 heterocycles. The molecule has 2 amide bonds. The lowest BCUT2D eigenvalue weighted by molar-refractivity contribution is -0.149. The fraction of sp³-hybridized carbons (Fsp3) is 0.269. The second-order valence-corrected chi connectivity index (χ2v) is 9.75. The Labute approximate surface area is 217 Å². The first kappa shape index (κ1) is 23.2. The summed E-state index contributed by atoms with van der Waals surface area (Å²) >= 11 is 6.17. The summed E-state index contributed by atoms with van der Waals surface area (Å²) in [5, 5.41) is 9.46. The average molecular weight is 517 g/mol. The van der Waals surface area contributed by atoms with Gasteiger partial charge in [0.1, 0.15) is 18.2 Å². The van der Waals surface area contributed by atoms with Crippen molar-refractivity contribution in [2.75, 3.05) is 12.3 Å². The number of aromatic nitrogens is 5.